The van der Waals surface area contributed by atoms with Crippen LogP contribution in [-0.2, 0) is 4.74 Å². The molecule has 9 heteroatoms. The van der Waals surface area contributed by atoms with Crippen LogP contribution < -0.4 is 4.90 Å². The Bertz CT molecular complexity index is 580. The van der Waals surface area contributed by atoms with Gasteiger partial charge in [-0.25, -0.2) is 4.98 Å². The molecule has 0 radical (unpaired) electrons. The molecule has 23 heavy (non-hydrogen) atoms. The molecule has 2 fully saturated rings. The molecule has 1 aliphatic carbocycles. The summed E-state index contributed by atoms with van der Waals surface area (Å²) in [7, 11) is 0. The molecule has 0 unspecified atom stereocenters. The lowest BCUT2D eigenvalue weighted by Crippen LogP contribution is -2.36. The van der Waals surface area contributed by atoms with Crippen molar-refractivity contribution in [3.05, 3.63) is 5.82 Å². The quantitative estimate of drug-likeness (QED) is 0.818. The molecular formula is C14H19N5OS3. The van der Waals surface area contributed by atoms with Gasteiger partial charge in [0.05, 0.1) is 13.2 Å². The fourth-order valence-corrected chi connectivity index (χ4v) is 5.77. The summed E-state index contributed by atoms with van der Waals surface area (Å²) in [5.41, 5.74) is 0. The van der Waals surface area contributed by atoms with Gasteiger partial charge in [-0.15, -0.1) is 10.2 Å². The van der Waals surface area contributed by atoms with Crippen LogP contribution >= 0.6 is 34.6 Å². The van der Waals surface area contributed by atoms with Crippen LogP contribution in [0.3, 0.4) is 0 Å². The summed E-state index contributed by atoms with van der Waals surface area (Å²) in [5, 5.41) is 9.58. The Morgan fingerprint density at radius 3 is 2.70 bits per heavy atom. The van der Waals surface area contributed by atoms with E-state index in [-0.39, 0.29) is 0 Å². The number of nitrogens with zero attached hydrogens (tertiary/aromatic N) is 5. The van der Waals surface area contributed by atoms with E-state index in [1.807, 2.05) is 0 Å². The molecule has 0 atom stereocenters. The molecule has 6 nitrogen and oxygen atoms in total. The lowest BCUT2D eigenvalue weighted by molar-refractivity contribution is 0.122. The SMILES string of the molecule is C1CCC(c2nsc(Sc3nnc(N4CCOCC4)s3)n2)CC1. The van der Waals surface area contributed by atoms with Gasteiger partial charge in [0.1, 0.15) is 5.82 Å². The van der Waals surface area contributed by atoms with Crippen LogP contribution in [0.1, 0.15) is 43.8 Å². The van der Waals surface area contributed by atoms with Gasteiger partial charge < -0.3 is 9.64 Å². The second-order valence-electron chi connectivity index (χ2n) is 5.81. The van der Waals surface area contributed by atoms with Crippen molar-refractivity contribution in [2.45, 2.75) is 46.7 Å². The smallest absolute Gasteiger partial charge is 0.209 e. The molecular weight excluding hydrogens is 350 g/mol. The first-order valence-electron chi connectivity index (χ1n) is 8.06. The molecule has 1 aliphatic heterocycles. The monoisotopic (exact) mass is 369 g/mol. The van der Waals surface area contributed by atoms with E-state index in [2.05, 4.69) is 19.5 Å². The van der Waals surface area contributed by atoms with E-state index >= 15 is 0 Å². The van der Waals surface area contributed by atoms with Gasteiger partial charge in [-0.05, 0) is 36.1 Å². The predicted octanol–water partition coefficient (Wildman–Crippen LogP) is 3.43. The summed E-state index contributed by atoms with van der Waals surface area (Å²) in [5.74, 6) is 1.60. The highest BCUT2D eigenvalue weighted by Gasteiger charge is 2.21. The van der Waals surface area contributed by atoms with E-state index in [1.165, 1.54) is 43.6 Å². The molecule has 4 rings (SSSR count). The summed E-state index contributed by atoms with van der Waals surface area (Å²) in [6, 6.07) is 0. The van der Waals surface area contributed by atoms with Crippen LogP contribution in [0.5, 0.6) is 0 Å². The van der Waals surface area contributed by atoms with Gasteiger partial charge in [-0.1, -0.05) is 30.6 Å². The lowest BCUT2D eigenvalue weighted by Gasteiger charge is -2.25. The Morgan fingerprint density at radius 1 is 1.04 bits per heavy atom. The maximum Gasteiger partial charge on any atom is 0.209 e. The number of ether oxygens (including phenoxy) is 1. The van der Waals surface area contributed by atoms with Crippen LogP contribution in [0.25, 0.3) is 0 Å². The average Bonchev–Trinajstić information content (AvgIpc) is 3.27. The fourth-order valence-electron chi connectivity index (χ4n) is 2.99. The van der Waals surface area contributed by atoms with Gasteiger partial charge in [-0.2, -0.15) is 4.37 Å². The maximum absolute atomic E-state index is 5.38. The lowest BCUT2D eigenvalue weighted by atomic mass is 9.89. The van der Waals surface area contributed by atoms with Crippen LogP contribution in [0.2, 0.25) is 0 Å². The third-order valence-electron chi connectivity index (χ3n) is 4.25. The molecule has 1 saturated carbocycles. The highest BCUT2D eigenvalue weighted by molar-refractivity contribution is 8.02. The van der Waals surface area contributed by atoms with E-state index in [0.717, 1.165) is 45.9 Å². The van der Waals surface area contributed by atoms with E-state index < -0.39 is 0 Å². The zero-order valence-corrected chi connectivity index (χ0v) is 15.3. The normalized spacial score (nSPS) is 20.1. The van der Waals surface area contributed by atoms with Crippen LogP contribution in [-0.4, -0.2) is 45.9 Å². The van der Waals surface area contributed by atoms with Crippen LogP contribution in [0.4, 0.5) is 5.13 Å². The van der Waals surface area contributed by atoms with Crippen LogP contribution in [0, 0.1) is 0 Å². The zero-order chi connectivity index (χ0) is 15.5. The first kappa shape index (κ1) is 15.7. The number of morpholine rings is 1. The van der Waals surface area contributed by atoms with Gasteiger partial charge in [0.2, 0.25) is 5.13 Å². The molecule has 124 valence electrons. The fraction of sp³-hybridized carbons (Fsp3) is 0.714. The molecule has 0 aromatic carbocycles. The van der Waals surface area contributed by atoms with Crippen molar-refractivity contribution < 1.29 is 4.74 Å². The summed E-state index contributed by atoms with van der Waals surface area (Å²) in [6.45, 7) is 3.32. The second-order valence-corrected chi connectivity index (χ2v) is 9.01. The van der Waals surface area contributed by atoms with E-state index in [9.17, 15) is 0 Å². The molecule has 3 heterocycles. The number of hydrogen-bond acceptors (Lipinski definition) is 9. The molecule has 2 aromatic rings. The molecule has 2 aliphatic rings. The van der Waals surface area contributed by atoms with E-state index in [1.54, 1.807) is 23.1 Å². The summed E-state index contributed by atoms with van der Waals surface area (Å²) < 4.78 is 11.9. The topological polar surface area (TPSA) is 64.0 Å². The third-order valence-corrected chi connectivity index (χ3v) is 7.05. The Kier molecular flexibility index (Phi) is 5.07. The van der Waals surface area contributed by atoms with Gasteiger partial charge in [0.15, 0.2) is 8.68 Å². The average molecular weight is 370 g/mol. The Morgan fingerprint density at radius 2 is 1.87 bits per heavy atom. The number of rotatable bonds is 4. The molecule has 1 saturated heterocycles. The van der Waals surface area contributed by atoms with Crippen molar-refractivity contribution in [2.75, 3.05) is 31.2 Å². The first-order valence-corrected chi connectivity index (χ1v) is 10.5. The first-order chi connectivity index (χ1) is 11.4. The van der Waals surface area contributed by atoms with Gasteiger partial charge >= 0.3 is 0 Å². The van der Waals surface area contributed by atoms with Gasteiger partial charge in [0.25, 0.3) is 0 Å². The van der Waals surface area contributed by atoms with Crippen molar-refractivity contribution in [2.24, 2.45) is 0 Å². The second kappa shape index (κ2) is 7.42. The minimum absolute atomic E-state index is 0.563. The molecule has 0 amide bonds. The van der Waals surface area contributed by atoms with Crippen molar-refractivity contribution in [3.63, 3.8) is 0 Å². The van der Waals surface area contributed by atoms with Gasteiger partial charge in [0, 0.05) is 19.0 Å². The summed E-state index contributed by atoms with van der Waals surface area (Å²) in [4.78, 5) is 6.96. The summed E-state index contributed by atoms with van der Waals surface area (Å²) in [6.07, 6.45) is 6.45. The predicted molar refractivity (Wildman–Crippen MR) is 92.8 cm³/mol. The maximum atomic E-state index is 5.38. The molecule has 0 bridgehead atoms. The summed E-state index contributed by atoms with van der Waals surface area (Å²) >= 11 is 4.71. The Hall–Kier alpha value is -0.770. The van der Waals surface area contributed by atoms with Crippen molar-refractivity contribution in [1.82, 2.24) is 19.6 Å². The standard InChI is InChI=1S/C14H19N5OS3/c1-2-4-10(5-3-1)11-15-13(23-18-11)22-14-17-16-12(21-14)19-6-8-20-9-7-19/h10H,1-9H2. The molecule has 2 aromatic heterocycles. The number of hydrogen-bond donors (Lipinski definition) is 0. The minimum Gasteiger partial charge on any atom is -0.378 e. The van der Waals surface area contributed by atoms with Gasteiger partial charge in [-0.3, -0.25) is 0 Å². The highest BCUT2D eigenvalue weighted by Crippen LogP contribution is 2.37. The minimum atomic E-state index is 0.563. The third kappa shape index (κ3) is 3.84. The van der Waals surface area contributed by atoms with Crippen LogP contribution in [0.15, 0.2) is 8.68 Å². The number of anilines is 1. The number of aromatic nitrogens is 4. The van der Waals surface area contributed by atoms with Crippen molar-refractivity contribution in [3.8, 4) is 0 Å². The van der Waals surface area contributed by atoms with E-state index in [4.69, 9.17) is 9.72 Å². The zero-order valence-electron chi connectivity index (χ0n) is 12.8. The molecule has 0 N–H and O–H groups in total. The van der Waals surface area contributed by atoms with Crippen molar-refractivity contribution >= 4 is 39.8 Å². The Balaban J connectivity index is 1.40. The van der Waals surface area contributed by atoms with Crippen molar-refractivity contribution in [1.29, 1.82) is 0 Å². The molecule has 0 spiro atoms. The Labute approximate surface area is 147 Å². The highest BCUT2D eigenvalue weighted by atomic mass is 32.2. The van der Waals surface area contributed by atoms with E-state index in [0.29, 0.717) is 5.92 Å². The largest absolute Gasteiger partial charge is 0.378 e.